The molecule has 26 heavy (non-hydrogen) atoms. The van der Waals surface area contributed by atoms with Crippen molar-refractivity contribution in [2.24, 2.45) is 10.7 Å². The molecule has 4 rings (SSSR count). The molecular formula is C18H21ClN6O. The monoisotopic (exact) mass is 372 g/mol. The van der Waals surface area contributed by atoms with Crippen molar-refractivity contribution in [3.8, 4) is 5.75 Å². The molecule has 0 bridgehead atoms. The van der Waals surface area contributed by atoms with E-state index in [-0.39, 0.29) is 0 Å². The van der Waals surface area contributed by atoms with Gasteiger partial charge in [0, 0.05) is 55.6 Å². The van der Waals surface area contributed by atoms with Crippen molar-refractivity contribution < 1.29 is 4.74 Å². The Morgan fingerprint density at radius 3 is 2.73 bits per heavy atom. The number of anilines is 1. The molecular weight excluding hydrogens is 352 g/mol. The summed E-state index contributed by atoms with van der Waals surface area (Å²) in [6.07, 6.45) is 4.41. The number of nitrogens with zero attached hydrogens (tertiary/aromatic N) is 5. The maximum absolute atomic E-state index is 6.22. The average Bonchev–Trinajstić information content (AvgIpc) is 3.15. The van der Waals surface area contributed by atoms with Crippen molar-refractivity contribution in [2.75, 3.05) is 37.7 Å². The summed E-state index contributed by atoms with van der Waals surface area (Å²) in [6.45, 7) is 4.38. The number of hydrogen-bond donors (Lipinski definition) is 1. The Kier molecular flexibility index (Phi) is 4.79. The standard InChI is InChI=1S/C18H21ClN6O/c19-15-10-13-2-9-26-16(13)14(11-15)12-23-17(20)24-5-7-25(8-6-24)18-21-3-1-4-22-18/h1,3-4,10-11H,2,5-9,12H2,(H2,20,23). The molecule has 3 heterocycles. The van der Waals surface area contributed by atoms with Crippen LogP contribution in [0.1, 0.15) is 11.1 Å². The number of piperazine rings is 1. The summed E-state index contributed by atoms with van der Waals surface area (Å²) in [5.41, 5.74) is 8.36. The second-order valence-electron chi connectivity index (χ2n) is 6.35. The van der Waals surface area contributed by atoms with Crippen LogP contribution in [0.15, 0.2) is 35.6 Å². The number of guanidine groups is 1. The molecule has 0 aliphatic carbocycles. The van der Waals surface area contributed by atoms with Crippen molar-refractivity contribution in [1.82, 2.24) is 14.9 Å². The molecule has 0 amide bonds. The minimum Gasteiger partial charge on any atom is -0.493 e. The van der Waals surface area contributed by atoms with E-state index >= 15 is 0 Å². The summed E-state index contributed by atoms with van der Waals surface area (Å²) in [6, 6.07) is 5.69. The summed E-state index contributed by atoms with van der Waals surface area (Å²) in [4.78, 5) is 17.4. The highest BCUT2D eigenvalue weighted by Gasteiger charge is 2.21. The van der Waals surface area contributed by atoms with Gasteiger partial charge in [0.1, 0.15) is 5.75 Å². The first-order valence-electron chi connectivity index (χ1n) is 8.71. The molecule has 8 heteroatoms. The van der Waals surface area contributed by atoms with Crippen molar-refractivity contribution in [1.29, 1.82) is 0 Å². The van der Waals surface area contributed by atoms with Crippen LogP contribution in [0, 0.1) is 0 Å². The van der Waals surface area contributed by atoms with Crippen LogP contribution in [-0.2, 0) is 13.0 Å². The van der Waals surface area contributed by atoms with E-state index in [0.717, 1.165) is 60.4 Å². The van der Waals surface area contributed by atoms with Crippen molar-refractivity contribution in [3.63, 3.8) is 0 Å². The highest BCUT2D eigenvalue weighted by Crippen LogP contribution is 2.33. The van der Waals surface area contributed by atoms with Crippen LogP contribution >= 0.6 is 11.6 Å². The number of fused-ring (bicyclic) bond motifs is 1. The molecule has 136 valence electrons. The lowest BCUT2D eigenvalue weighted by Gasteiger charge is -2.35. The van der Waals surface area contributed by atoms with E-state index in [9.17, 15) is 0 Å². The van der Waals surface area contributed by atoms with E-state index in [4.69, 9.17) is 22.1 Å². The summed E-state index contributed by atoms with van der Waals surface area (Å²) < 4.78 is 5.72. The third-order valence-electron chi connectivity index (χ3n) is 4.68. The Hall–Kier alpha value is -2.54. The number of benzene rings is 1. The Balaban J connectivity index is 1.39. The topological polar surface area (TPSA) is 79.9 Å². The number of nitrogens with two attached hydrogens (primary N) is 1. The summed E-state index contributed by atoms with van der Waals surface area (Å²) in [7, 11) is 0. The molecule has 0 saturated carbocycles. The number of rotatable bonds is 3. The zero-order valence-corrected chi connectivity index (χ0v) is 15.2. The van der Waals surface area contributed by atoms with Gasteiger partial charge in [-0.05, 0) is 23.8 Å². The molecule has 1 aromatic carbocycles. The highest BCUT2D eigenvalue weighted by molar-refractivity contribution is 6.30. The van der Waals surface area contributed by atoms with E-state index in [1.165, 1.54) is 0 Å². The summed E-state index contributed by atoms with van der Waals surface area (Å²) in [5.74, 6) is 2.22. The van der Waals surface area contributed by atoms with Gasteiger partial charge in [-0.25, -0.2) is 15.0 Å². The molecule has 2 aliphatic heterocycles. The number of aromatic nitrogens is 2. The second kappa shape index (κ2) is 7.37. The molecule has 1 aromatic heterocycles. The van der Waals surface area contributed by atoms with Crippen LogP contribution in [0.2, 0.25) is 5.02 Å². The first-order valence-corrected chi connectivity index (χ1v) is 9.09. The van der Waals surface area contributed by atoms with E-state index in [0.29, 0.717) is 19.1 Å². The van der Waals surface area contributed by atoms with Crippen molar-refractivity contribution in [2.45, 2.75) is 13.0 Å². The minimum absolute atomic E-state index is 0.469. The molecule has 0 spiro atoms. The zero-order valence-electron chi connectivity index (χ0n) is 14.4. The number of halogens is 1. The highest BCUT2D eigenvalue weighted by atomic mass is 35.5. The second-order valence-corrected chi connectivity index (χ2v) is 6.79. The van der Waals surface area contributed by atoms with Crippen LogP contribution in [0.25, 0.3) is 0 Å². The van der Waals surface area contributed by atoms with E-state index in [1.807, 2.05) is 18.2 Å². The zero-order chi connectivity index (χ0) is 17.9. The first kappa shape index (κ1) is 16.9. The van der Waals surface area contributed by atoms with Gasteiger partial charge in [-0.2, -0.15) is 0 Å². The van der Waals surface area contributed by atoms with Crippen LogP contribution < -0.4 is 15.4 Å². The van der Waals surface area contributed by atoms with E-state index < -0.39 is 0 Å². The predicted molar refractivity (Wildman–Crippen MR) is 102 cm³/mol. The summed E-state index contributed by atoms with van der Waals surface area (Å²) in [5, 5.41) is 0.717. The van der Waals surface area contributed by atoms with Gasteiger partial charge >= 0.3 is 0 Å². The van der Waals surface area contributed by atoms with Crippen LogP contribution in [0.5, 0.6) is 5.75 Å². The van der Waals surface area contributed by atoms with E-state index in [2.05, 4.69) is 24.8 Å². The fourth-order valence-corrected chi connectivity index (χ4v) is 3.58. The number of hydrogen-bond acceptors (Lipinski definition) is 5. The van der Waals surface area contributed by atoms with E-state index in [1.54, 1.807) is 12.4 Å². The molecule has 1 saturated heterocycles. The van der Waals surface area contributed by atoms with Gasteiger partial charge in [0.25, 0.3) is 0 Å². The lowest BCUT2D eigenvalue weighted by molar-refractivity contribution is 0.353. The fourth-order valence-electron chi connectivity index (χ4n) is 3.32. The first-order chi connectivity index (χ1) is 12.7. The van der Waals surface area contributed by atoms with Gasteiger partial charge in [-0.3, -0.25) is 0 Å². The molecule has 2 N–H and O–H groups in total. The smallest absolute Gasteiger partial charge is 0.225 e. The Morgan fingerprint density at radius 1 is 1.19 bits per heavy atom. The normalized spacial score (nSPS) is 17.2. The van der Waals surface area contributed by atoms with Gasteiger partial charge in [-0.15, -0.1) is 0 Å². The SMILES string of the molecule is NC(=NCc1cc(Cl)cc2c1OCC2)N1CCN(c2ncccn2)CC1. The van der Waals surface area contributed by atoms with Crippen LogP contribution in [-0.4, -0.2) is 53.6 Å². The molecule has 7 nitrogen and oxygen atoms in total. The molecule has 2 aromatic rings. The minimum atomic E-state index is 0.469. The molecule has 0 unspecified atom stereocenters. The quantitative estimate of drug-likeness (QED) is 0.652. The number of aliphatic imine (C=N–C) groups is 1. The van der Waals surface area contributed by atoms with Gasteiger partial charge < -0.3 is 20.3 Å². The van der Waals surface area contributed by atoms with Crippen LogP contribution in [0.4, 0.5) is 5.95 Å². The Labute approximate surface area is 157 Å². The predicted octanol–water partition coefficient (Wildman–Crippen LogP) is 1.70. The molecule has 0 atom stereocenters. The lowest BCUT2D eigenvalue weighted by atomic mass is 10.1. The van der Waals surface area contributed by atoms with Gasteiger partial charge in [0.15, 0.2) is 5.96 Å². The Morgan fingerprint density at radius 2 is 1.96 bits per heavy atom. The largest absolute Gasteiger partial charge is 0.493 e. The molecule has 0 radical (unpaired) electrons. The van der Waals surface area contributed by atoms with Gasteiger partial charge in [0.2, 0.25) is 5.95 Å². The van der Waals surface area contributed by atoms with Gasteiger partial charge in [0.05, 0.1) is 13.2 Å². The third kappa shape index (κ3) is 3.53. The average molecular weight is 373 g/mol. The van der Waals surface area contributed by atoms with Crippen molar-refractivity contribution in [3.05, 3.63) is 46.7 Å². The third-order valence-corrected chi connectivity index (χ3v) is 4.89. The molecule has 2 aliphatic rings. The maximum Gasteiger partial charge on any atom is 0.225 e. The summed E-state index contributed by atoms with van der Waals surface area (Å²) >= 11 is 6.20. The van der Waals surface area contributed by atoms with Gasteiger partial charge in [-0.1, -0.05) is 11.6 Å². The molecule has 1 fully saturated rings. The Bertz CT molecular complexity index is 805. The lowest BCUT2D eigenvalue weighted by Crippen LogP contribution is -2.51. The van der Waals surface area contributed by atoms with Crippen LogP contribution in [0.3, 0.4) is 0 Å². The number of ether oxygens (including phenoxy) is 1. The fraction of sp³-hybridized carbons (Fsp3) is 0.389. The maximum atomic E-state index is 6.22. The van der Waals surface area contributed by atoms with Crippen molar-refractivity contribution >= 4 is 23.5 Å².